The van der Waals surface area contributed by atoms with Crippen LogP contribution in [0.25, 0.3) is 0 Å². The van der Waals surface area contributed by atoms with Gasteiger partial charge >= 0.3 is 0 Å². The van der Waals surface area contributed by atoms with Crippen molar-refractivity contribution in [1.29, 1.82) is 0 Å². The number of anilines is 1. The van der Waals surface area contributed by atoms with Crippen LogP contribution in [-0.2, 0) is 6.42 Å². The number of hydrogen-bond acceptors (Lipinski definition) is 3. The molecule has 3 nitrogen and oxygen atoms in total. The Morgan fingerprint density at radius 1 is 1.17 bits per heavy atom. The van der Waals surface area contributed by atoms with E-state index in [2.05, 4.69) is 38.4 Å². The summed E-state index contributed by atoms with van der Waals surface area (Å²) in [7, 11) is 1.68. The van der Waals surface area contributed by atoms with Gasteiger partial charge in [0.25, 0.3) is 0 Å². The van der Waals surface area contributed by atoms with Crippen LogP contribution >= 0.6 is 15.9 Å². The predicted octanol–water partition coefficient (Wildman–Crippen LogP) is 3.51. The Kier molecular flexibility index (Phi) is 4.59. The van der Waals surface area contributed by atoms with Crippen LogP contribution in [0.5, 0.6) is 5.75 Å². The zero-order chi connectivity index (χ0) is 12.8. The van der Waals surface area contributed by atoms with Gasteiger partial charge < -0.3 is 10.1 Å². The topological polar surface area (TPSA) is 34.1 Å². The number of methoxy groups -OCH3 is 1. The number of hydrogen-bond donors (Lipinski definition) is 1. The summed E-state index contributed by atoms with van der Waals surface area (Å²) in [5.41, 5.74) is 1.28. The minimum absolute atomic E-state index is 0.862. The number of rotatable bonds is 5. The monoisotopic (exact) mass is 306 g/mol. The summed E-state index contributed by atoms with van der Waals surface area (Å²) >= 11 is 3.36. The molecule has 2 aromatic rings. The maximum atomic E-state index is 5.12. The lowest BCUT2D eigenvalue weighted by molar-refractivity contribution is 0.414. The van der Waals surface area contributed by atoms with E-state index < -0.39 is 0 Å². The average molecular weight is 307 g/mol. The molecule has 4 heteroatoms. The van der Waals surface area contributed by atoms with E-state index in [1.54, 1.807) is 13.3 Å². The second-order valence-electron chi connectivity index (χ2n) is 3.89. The highest BCUT2D eigenvalue weighted by molar-refractivity contribution is 9.10. The number of pyridine rings is 1. The van der Waals surface area contributed by atoms with E-state index in [9.17, 15) is 0 Å². The van der Waals surface area contributed by atoms with Gasteiger partial charge in [0, 0.05) is 17.2 Å². The molecule has 0 spiro atoms. The van der Waals surface area contributed by atoms with Gasteiger partial charge in [-0.1, -0.05) is 12.1 Å². The fraction of sp³-hybridized carbons (Fsp3) is 0.214. The molecule has 0 saturated carbocycles. The summed E-state index contributed by atoms with van der Waals surface area (Å²) in [5, 5.41) is 3.29. The van der Waals surface area contributed by atoms with Crippen molar-refractivity contribution in [3.05, 3.63) is 52.6 Å². The van der Waals surface area contributed by atoms with Crippen LogP contribution in [0, 0.1) is 0 Å². The molecular weight excluding hydrogens is 292 g/mol. The lowest BCUT2D eigenvalue weighted by Gasteiger charge is -2.06. The SMILES string of the molecule is COc1ccc(CCNc2ccc(Br)cn2)cc1. The molecule has 0 unspecified atom stereocenters. The fourth-order valence-electron chi connectivity index (χ4n) is 1.61. The molecule has 94 valence electrons. The maximum absolute atomic E-state index is 5.12. The second kappa shape index (κ2) is 6.40. The van der Waals surface area contributed by atoms with Gasteiger partial charge in [0.05, 0.1) is 7.11 Å². The van der Waals surface area contributed by atoms with Crippen molar-refractivity contribution in [3.63, 3.8) is 0 Å². The standard InChI is InChI=1S/C14H15BrN2O/c1-18-13-5-2-11(3-6-13)8-9-16-14-7-4-12(15)10-17-14/h2-7,10H,8-9H2,1H3,(H,16,17). The van der Waals surface area contributed by atoms with E-state index in [1.165, 1.54) is 5.56 Å². The summed E-state index contributed by atoms with van der Waals surface area (Å²) in [6, 6.07) is 12.0. The number of aromatic nitrogens is 1. The summed E-state index contributed by atoms with van der Waals surface area (Å²) < 4.78 is 6.11. The molecule has 0 fully saturated rings. The van der Waals surface area contributed by atoms with Crippen molar-refractivity contribution < 1.29 is 4.74 Å². The zero-order valence-electron chi connectivity index (χ0n) is 10.2. The molecule has 18 heavy (non-hydrogen) atoms. The van der Waals surface area contributed by atoms with Crippen molar-refractivity contribution >= 4 is 21.7 Å². The zero-order valence-corrected chi connectivity index (χ0v) is 11.8. The summed E-state index contributed by atoms with van der Waals surface area (Å²) in [4.78, 5) is 4.26. The highest BCUT2D eigenvalue weighted by atomic mass is 79.9. The number of halogens is 1. The first-order valence-corrected chi connectivity index (χ1v) is 6.55. The Labute approximate surface area is 115 Å². The highest BCUT2D eigenvalue weighted by Gasteiger charge is 1.96. The van der Waals surface area contributed by atoms with Gasteiger partial charge in [-0.2, -0.15) is 0 Å². The van der Waals surface area contributed by atoms with E-state index in [0.29, 0.717) is 0 Å². The minimum atomic E-state index is 0.862. The number of nitrogens with one attached hydrogen (secondary N) is 1. The van der Waals surface area contributed by atoms with Crippen LogP contribution in [0.15, 0.2) is 47.1 Å². The van der Waals surface area contributed by atoms with Gasteiger partial charge in [0.15, 0.2) is 0 Å². The third-order valence-corrected chi connectivity index (χ3v) is 3.08. The summed E-state index contributed by atoms with van der Waals surface area (Å²) in [6.07, 6.45) is 2.75. The number of nitrogens with zero attached hydrogens (tertiary/aromatic N) is 1. The molecular formula is C14H15BrN2O. The molecule has 0 radical (unpaired) electrons. The van der Waals surface area contributed by atoms with Crippen LogP contribution in [0.4, 0.5) is 5.82 Å². The average Bonchev–Trinajstić information content (AvgIpc) is 2.42. The first-order valence-electron chi connectivity index (χ1n) is 5.76. The lowest BCUT2D eigenvalue weighted by atomic mass is 10.1. The molecule has 2 rings (SSSR count). The van der Waals surface area contributed by atoms with Crippen molar-refractivity contribution in [1.82, 2.24) is 4.98 Å². The molecule has 0 aliphatic heterocycles. The maximum Gasteiger partial charge on any atom is 0.125 e. The van der Waals surface area contributed by atoms with Gasteiger partial charge in [-0.05, 0) is 52.2 Å². The fourth-order valence-corrected chi connectivity index (χ4v) is 1.84. The van der Waals surface area contributed by atoms with E-state index in [0.717, 1.165) is 29.0 Å². The molecule has 0 saturated heterocycles. The molecule has 0 aliphatic carbocycles. The lowest BCUT2D eigenvalue weighted by Crippen LogP contribution is -2.05. The van der Waals surface area contributed by atoms with Crippen molar-refractivity contribution in [3.8, 4) is 5.75 Å². The van der Waals surface area contributed by atoms with Crippen LogP contribution in [0.3, 0.4) is 0 Å². The number of ether oxygens (including phenoxy) is 1. The second-order valence-corrected chi connectivity index (χ2v) is 4.80. The molecule has 1 N–H and O–H groups in total. The smallest absolute Gasteiger partial charge is 0.125 e. The first-order chi connectivity index (χ1) is 8.78. The normalized spacial score (nSPS) is 10.1. The Hall–Kier alpha value is -1.55. The van der Waals surface area contributed by atoms with Crippen LogP contribution in [0.2, 0.25) is 0 Å². The van der Waals surface area contributed by atoms with Crippen molar-refractivity contribution in [2.24, 2.45) is 0 Å². The Morgan fingerprint density at radius 3 is 2.56 bits per heavy atom. The third kappa shape index (κ3) is 3.74. The van der Waals surface area contributed by atoms with Crippen molar-refractivity contribution in [2.75, 3.05) is 19.0 Å². The van der Waals surface area contributed by atoms with Gasteiger partial charge in [-0.3, -0.25) is 0 Å². The highest BCUT2D eigenvalue weighted by Crippen LogP contribution is 2.13. The summed E-state index contributed by atoms with van der Waals surface area (Å²) in [6.45, 7) is 0.862. The predicted molar refractivity (Wildman–Crippen MR) is 77.1 cm³/mol. The first kappa shape index (κ1) is 12.9. The summed E-state index contributed by atoms with van der Waals surface area (Å²) in [5.74, 6) is 1.79. The van der Waals surface area contributed by atoms with E-state index in [1.807, 2.05) is 24.3 Å². The molecule has 1 aromatic carbocycles. The Morgan fingerprint density at radius 2 is 1.94 bits per heavy atom. The minimum Gasteiger partial charge on any atom is -0.497 e. The van der Waals surface area contributed by atoms with Crippen molar-refractivity contribution in [2.45, 2.75) is 6.42 Å². The molecule has 0 atom stereocenters. The van der Waals surface area contributed by atoms with Crippen LogP contribution in [0.1, 0.15) is 5.56 Å². The third-order valence-electron chi connectivity index (χ3n) is 2.61. The molecule has 0 amide bonds. The Balaban J connectivity index is 1.82. The van der Waals surface area contributed by atoms with Gasteiger partial charge in [-0.25, -0.2) is 4.98 Å². The van der Waals surface area contributed by atoms with Gasteiger partial charge in [0.1, 0.15) is 11.6 Å². The van der Waals surface area contributed by atoms with Crippen LogP contribution < -0.4 is 10.1 Å². The molecule has 0 aliphatic rings. The number of benzene rings is 1. The molecule has 1 heterocycles. The van der Waals surface area contributed by atoms with Crippen LogP contribution in [-0.4, -0.2) is 18.6 Å². The van der Waals surface area contributed by atoms with E-state index >= 15 is 0 Å². The Bertz CT molecular complexity index is 482. The quantitative estimate of drug-likeness (QED) is 0.918. The largest absolute Gasteiger partial charge is 0.497 e. The van der Waals surface area contributed by atoms with Gasteiger partial charge in [-0.15, -0.1) is 0 Å². The van der Waals surface area contributed by atoms with E-state index in [4.69, 9.17) is 4.74 Å². The molecule has 1 aromatic heterocycles. The van der Waals surface area contributed by atoms with Gasteiger partial charge in [0.2, 0.25) is 0 Å². The van der Waals surface area contributed by atoms with E-state index in [-0.39, 0.29) is 0 Å². The molecule has 0 bridgehead atoms.